The summed E-state index contributed by atoms with van der Waals surface area (Å²) in [6, 6.07) is 25.2. The lowest BCUT2D eigenvalue weighted by atomic mass is 10.1. The molecule has 0 aliphatic carbocycles. The smallest absolute Gasteiger partial charge is 0.338 e. The molecule has 0 N–H and O–H groups in total. The predicted octanol–water partition coefficient (Wildman–Crippen LogP) is 4.17. The van der Waals surface area contributed by atoms with E-state index >= 15 is 0 Å². The Kier molecular flexibility index (Phi) is 7.74. The third-order valence-electron chi connectivity index (χ3n) is 6.30. The molecule has 2 aliphatic heterocycles. The molecule has 0 saturated carbocycles. The molecule has 2 fully saturated rings. The van der Waals surface area contributed by atoms with Crippen molar-refractivity contribution in [3.8, 4) is 0 Å². The van der Waals surface area contributed by atoms with Crippen LogP contribution in [0.3, 0.4) is 0 Å². The molecule has 9 heteroatoms. The molecule has 9 nitrogen and oxygen atoms in total. The van der Waals surface area contributed by atoms with Gasteiger partial charge in [-0.2, -0.15) is 0 Å². The Balaban J connectivity index is 1.41. The van der Waals surface area contributed by atoms with Crippen molar-refractivity contribution in [3.05, 3.63) is 108 Å². The summed E-state index contributed by atoms with van der Waals surface area (Å²) in [6.45, 7) is 3.07. The summed E-state index contributed by atoms with van der Waals surface area (Å²) in [4.78, 5) is 38.8. The SMILES string of the molecule is CC1(C)O[C@H]2O[C@@H]([C@@H](COC(=O)c3ccccc3)OC(=O)c3ccccc3)[C@H](OC(=O)c3ccccc3)[C@H]2O1. The van der Waals surface area contributed by atoms with E-state index in [1.165, 1.54) is 0 Å². The number of benzene rings is 3. The first-order chi connectivity index (χ1) is 18.8. The second kappa shape index (κ2) is 11.4. The standard InChI is InChI=1S/C30H28O9/c1-30(2)38-25-24(36-28(33)21-16-10-5-11-17-21)23(37-29(25)39-30)22(35-27(32)20-14-8-4-9-15-20)18-34-26(31)19-12-6-3-7-13-19/h3-17,22-25,29H,18H2,1-2H3/t22-,23+,24+,25-,29-/m1/s1. The molecule has 0 amide bonds. The zero-order valence-electron chi connectivity index (χ0n) is 21.4. The maximum Gasteiger partial charge on any atom is 0.338 e. The quantitative estimate of drug-likeness (QED) is 0.312. The molecule has 3 aromatic rings. The summed E-state index contributed by atoms with van der Waals surface area (Å²) in [6.07, 6.45) is -4.95. The van der Waals surface area contributed by atoms with Crippen molar-refractivity contribution in [1.82, 2.24) is 0 Å². The van der Waals surface area contributed by atoms with Crippen LogP contribution in [0.2, 0.25) is 0 Å². The topological polar surface area (TPSA) is 107 Å². The minimum atomic E-state index is -1.15. The Morgan fingerprint density at radius 2 is 1.26 bits per heavy atom. The van der Waals surface area contributed by atoms with Crippen molar-refractivity contribution < 1.29 is 42.8 Å². The van der Waals surface area contributed by atoms with Gasteiger partial charge in [-0.1, -0.05) is 54.6 Å². The Morgan fingerprint density at radius 3 is 1.82 bits per heavy atom. The van der Waals surface area contributed by atoms with Gasteiger partial charge in [0.1, 0.15) is 12.7 Å². The number of ether oxygens (including phenoxy) is 6. The van der Waals surface area contributed by atoms with Crippen LogP contribution in [0, 0.1) is 0 Å². The molecule has 39 heavy (non-hydrogen) atoms. The number of carbonyl (C=O) groups excluding carboxylic acids is 3. The minimum Gasteiger partial charge on any atom is -0.458 e. The summed E-state index contributed by atoms with van der Waals surface area (Å²) in [7, 11) is 0. The van der Waals surface area contributed by atoms with Gasteiger partial charge < -0.3 is 28.4 Å². The summed E-state index contributed by atoms with van der Waals surface area (Å²) in [5.74, 6) is -2.88. The lowest BCUT2D eigenvalue weighted by Gasteiger charge is -2.30. The van der Waals surface area contributed by atoms with Gasteiger partial charge in [-0.05, 0) is 50.2 Å². The van der Waals surface area contributed by atoms with Gasteiger partial charge in [0, 0.05) is 0 Å². The van der Waals surface area contributed by atoms with Crippen molar-refractivity contribution in [3.63, 3.8) is 0 Å². The van der Waals surface area contributed by atoms with Gasteiger partial charge in [-0.3, -0.25) is 0 Å². The highest BCUT2D eigenvalue weighted by Crippen LogP contribution is 2.40. The van der Waals surface area contributed by atoms with Gasteiger partial charge >= 0.3 is 17.9 Å². The van der Waals surface area contributed by atoms with Gasteiger partial charge in [0.15, 0.2) is 30.4 Å². The Hall–Kier alpha value is -4.05. The maximum atomic E-state index is 13.0. The van der Waals surface area contributed by atoms with Crippen molar-refractivity contribution in [2.75, 3.05) is 6.61 Å². The molecule has 0 spiro atoms. The maximum absolute atomic E-state index is 13.0. The van der Waals surface area contributed by atoms with E-state index in [0.29, 0.717) is 16.7 Å². The molecular formula is C30H28O9. The molecule has 0 unspecified atom stereocenters. The van der Waals surface area contributed by atoms with E-state index < -0.39 is 54.4 Å². The fourth-order valence-electron chi connectivity index (χ4n) is 4.49. The van der Waals surface area contributed by atoms with Crippen LogP contribution < -0.4 is 0 Å². The predicted molar refractivity (Wildman–Crippen MR) is 137 cm³/mol. The highest BCUT2D eigenvalue weighted by Gasteiger charge is 2.59. The van der Waals surface area contributed by atoms with Crippen molar-refractivity contribution in [2.24, 2.45) is 0 Å². The largest absolute Gasteiger partial charge is 0.458 e. The average molecular weight is 533 g/mol. The van der Waals surface area contributed by atoms with Gasteiger partial charge in [0.05, 0.1) is 16.7 Å². The first-order valence-electron chi connectivity index (χ1n) is 12.6. The van der Waals surface area contributed by atoms with Crippen molar-refractivity contribution in [2.45, 2.75) is 50.3 Å². The molecule has 3 aromatic carbocycles. The minimum absolute atomic E-state index is 0.293. The number of carbonyl (C=O) groups is 3. The number of rotatable bonds is 8. The van der Waals surface area contributed by atoms with E-state index in [9.17, 15) is 14.4 Å². The summed E-state index contributed by atoms with van der Waals surface area (Å²) in [5.41, 5.74) is 0.947. The van der Waals surface area contributed by atoms with Crippen LogP contribution in [0.1, 0.15) is 44.9 Å². The molecule has 0 radical (unpaired) electrons. The van der Waals surface area contributed by atoms with E-state index in [4.69, 9.17) is 28.4 Å². The van der Waals surface area contributed by atoms with E-state index in [1.807, 2.05) is 0 Å². The second-order valence-electron chi connectivity index (χ2n) is 9.58. The van der Waals surface area contributed by atoms with E-state index in [-0.39, 0.29) is 6.61 Å². The normalized spacial score (nSPS) is 23.8. The van der Waals surface area contributed by atoms with Crippen LogP contribution in [-0.2, 0) is 28.4 Å². The lowest BCUT2D eigenvalue weighted by Crippen LogP contribution is -2.47. The third kappa shape index (κ3) is 6.17. The van der Waals surface area contributed by atoms with Crippen LogP contribution >= 0.6 is 0 Å². The van der Waals surface area contributed by atoms with Crippen LogP contribution in [0.25, 0.3) is 0 Å². The van der Waals surface area contributed by atoms with E-state index in [1.54, 1.807) is 105 Å². The number of hydrogen-bond donors (Lipinski definition) is 0. The average Bonchev–Trinajstić information content (AvgIpc) is 3.43. The monoisotopic (exact) mass is 532 g/mol. The summed E-state index contributed by atoms with van der Waals surface area (Å²) in [5, 5.41) is 0. The van der Waals surface area contributed by atoms with Crippen LogP contribution in [0.5, 0.6) is 0 Å². The molecule has 5 rings (SSSR count). The second-order valence-corrected chi connectivity index (χ2v) is 9.58. The highest BCUT2D eigenvalue weighted by atomic mass is 16.8. The first-order valence-corrected chi connectivity index (χ1v) is 12.6. The fraction of sp³-hybridized carbons (Fsp3) is 0.300. The van der Waals surface area contributed by atoms with E-state index in [2.05, 4.69) is 0 Å². The van der Waals surface area contributed by atoms with Crippen molar-refractivity contribution >= 4 is 17.9 Å². The molecule has 202 valence electrons. The first kappa shape index (κ1) is 26.6. The van der Waals surface area contributed by atoms with Crippen molar-refractivity contribution in [1.29, 1.82) is 0 Å². The highest BCUT2D eigenvalue weighted by molar-refractivity contribution is 5.90. The number of hydrogen-bond acceptors (Lipinski definition) is 9. The molecule has 2 saturated heterocycles. The number of esters is 3. The fourth-order valence-corrected chi connectivity index (χ4v) is 4.49. The summed E-state index contributed by atoms with van der Waals surface area (Å²) >= 11 is 0. The summed E-state index contributed by atoms with van der Waals surface area (Å²) < 4.78 is 35.2. The molecule has 0 aromatic heterocycles. The molecular weight excluding hydrogens is 504 g/mol. The zero-order chi connectivity index (χ0) is 27.4. The number of fused-ring (bicyclic) bond motifs is 1. The lowest BCUT2D eigenvalue weighted by molar-refractivity contribution is -0.227. The van der Waals surface area contributed by atoms with Gasteiger partial charge in [-0.25, -0.2) is 14.4 Å². The Bertz CT molecular complexity index is 1290. The van der Waals surface area contributed by atoms with Gasteiger partial charge in [0.2, 0.25) is 0 Å². The van der Waals surface area contributed by atoms with Crippen LogP contribution in [-0.4, -0.2) is 61.0 Å². The van der Waals surface area contributed by atoms with E-state index in [0.717, 1.165) is 0 Å². The molecule has 0 bridgehead atoms. The third-order valence-corrected chi connectivity index (χ3v) is 6.30. The van der Waals surface area contributed by atoms with Gasteiger partial charge in [-0.15, -0.1) is 0 Å². The van der Waals surface area contributed by atoms with Crippen LogP contribution in [0.4, 0.5) is 0 Å². The molecule has 2 aliphatic rings. The molecule has 5 atom stereocenters. The zero-order valence-corrected chi connectivity index (χ0v) is 21.4. The van der Waals surface area contributed by atoms with Crippen LogP contribution in [0.15, 0.2) is 91.0 Å². The molecule has 2 heterocycles. The Labute approximate surface area is 225 Å². The van der Waals surface area contributed by atoms with Gasteiger partial charge in [0.25, 0.3) is 0 Å². The Morgan fingerprint density at radius 1 is 0.744 bits per heavy atom.